The van der Waals surface area contributed by atoms with Crippen LogP contribution in [0.2, 0.25) is 0 Å². The number of rotatable bonds is 6. The fourth-order valence-corrected chi connectivity index (χ4v) is 2.71. The second-order valence-corrected chi connectivity index (χ2v) is 6.58. The topological polar surface area (TPSA) is 142 Å². The molecule has 172 valence electrons. The van der Waals surface area contributed by atoms with Crippen LogP contribution in [0.15, 0.2) is 88.8 Å². The predicted octanol–water partition coefficient (Wildman–Crippen LogP) is 1.37. The fourth-order valence-electron chi connectivity index (χ4n) is 2.71. The van der Waals surface area contributed by atoms with Crippen LogP contribution in [0.5, 0.6) is 11.5 Å². The van der Waals surface area contributed by atoms with Crippen molar-refractivity contribution in [1.82, 2.24) is 0 Å². The average molecular weight is 488 g/mol. The zero-order valence-electron chi connectivity index (χ0n) is 18.3. The Labute approximate surface area is 204 Å². The molecule has 3 aromatic rings. The largest absolute Gasteiger partial charge is 3.00 e. The van der Waals surface area contributed by atoms with Crippen molar-refractivity contribution in [3.8, 4) is 11.5 Å². The standard InChI is InChI=1S/C18H20N2O2.C7H6O2.Mn.H2O/c1-13(15-7-3-5-9-17(15)21)19-11-12-20-14(2)16-8-4-6-10-18(16)22;8-7(9)6-4-2-1-3-5-6;;/h3-10,21-22H,11-12H2,1-2H3;1-5H,(H,8,9);;1H2/q;;+3;/p-3. The number of carbonyl (C=O) groups is 1. The van der Waals surface area contributed by atoms with E-state index >= 15 is 0 Å². The molecule has 0 bridgehead atoms. The molecule has 8 heteroatoms. The molecule has 0 aromatic heterocycles. The molecule has 0 radical (unpaired) electrons. The zero-order valence-corrected chi connectivity index (χ0v) is 19.5. The molecule has 3 rings (SSSR count). The van der Waals surface area contributed by atoms with Gasteiger partial charge in [-0.2, -0.15) is 0 Å². The third kappa shape index (κ3) is 9.70. The molecule has 0 amide bonds. The van der Waals surface area contributed by atoms with Gasteiger partial charge >= 0.3 is 17.1 Å². The van der Waals surface area contributed by atoms with E-state index in [1.54, 1.807) is 42.5 Å². The van der Waals surface area contributed by atoms with Gasteiger partial charge in [-0.1, -0.05) is 90.4 Å². The van der Waals surface area contributed by atoms with Crippen molar-refractivity contribution in [3.05, 3.63) is 95.6 Å². The minimum absolute atomic E-state index is 0. The quantitative estimate of drug-likeness (QED) is 0.293. The maximum absolute atomic E-state index is 11.7. The summed E-state index contributed by atoms with van der Waals surface area (Å²) in [5, 5.41) is 33.5. The summed E-state index contributed by atoms with van der Waals surface area (Å²) in [6, 6.07) is 21.7. The van der Waals surface area contributed by atoms with Gasteiger partial charge in [-0.05, 0) is 30.5 Å². The Morgan fingerprint density at radius 2 is 1.06 bits per heavy atom. The van der Waals surface area contributed by atoms with E-state index in [4.69, 9.17) is 0 Å². The Balaban J connectivity index is 0.000000789. The number of hydrogen-bond acceptors (Lipinski definition) is 6. The van der Waals surface area contributed by atoms with E-state index in [0.29, 0.717) is 35.6 Å². The van der Waals surface area contributed by atoms with Crippen LogP contribution >= 0.6 is 0 Å². The molecule has 0 saturated heterocycles. The van der Waals surface area contributed by atoms with E-state index in [-0.39, 0.29) is 39.6 Å². The Bertz CT molecular complexity index is 1010. The normalized spacial score (nSPS) is 10.7. The molecule has 0 aliphatic carbocycles. The monoisotopic (exact) mass is 488 g/mol. The van der Waals surface area contributed by atoms with Gasteiger partial charge in [0.2, 0.25) is 0 Å². The van der Waals surface area contributed by atoms with Crippen molar-refractivity contribution in [2.45, 2.75) is 13.8 Å². The molecule has 0 atom stereocenters. The van der Waals surface area contributed by atoms with Crippen LogP contribution in [0, 0.1) is 0 Å². The van der Waals surface area contributed by atoms with Crippen LogP contribution in [-0.2, 0) is 17.1 Å². The minimum Gasteiger partial charge on any atom is -0.872 e. The third-order valence-electron chi connectivity index (χ3n) is 4.36. The summed E-state index contributed by atoms with van der Waals surface area (Å²) in [5.74, 6) is -1.18. The summed E-state index contributed by atoms with van der Waals surface area (Å²) >= 11 is 0. The van der Waals surface area contributed by atoms with Crippen LogP contribution in [0.25, 0.3) is 0 Å². The summed E-state index contributed by atoms with van der Waals surface area (Å²) in [5.41, 5.74) is 2.88. The second kappa shape index (κ2) is 15.4. The van der Waals surface area contributed by atoms with Crippen molar-refractivity contribution in [2.75, 3.05) is 13.1 Å². The number of carboxylic acid groups (broad SMARTS) is 1. The van der Waals surface area contributed by atoms with Gasteiger partial charge in [0.15, 0.2) is 0 Å². The molecule has 33 heavy (non-hydrogen) atoms. The first-order chi connectivity index (χ1) is 14.9. The van der Waals surface area contributed by atoms with Crippen LogP contribution in [0.1, 0.15) is 35.3 Å². The summed E-state index contributed by atoms with van der Waals surface area (Å²) < 4.78 is 0. The van der Waals surface area contributed by atoms with Gasteiger partial charge in [-0.15, -0.1) is 0 Å². The van der Waals surface area contributed by atoms with Gasteiger partial charge in [0.25, 0.3) is 0 Å². The zero-order chi connectivity index (χ0) is 22.6. The number of benzene rings is 3. The number of para-hydroxylation sites is 2. The van der Waals surface area contributed by atoms with Crippen LogP contribution in [-0.4, -0.2) is 36.0 Å². The van der Waals surface area contributed by atoms with Crippen molar-refractivity contribution >= 4 is 17.4 Å². The molecule has 2 N–H and O–H groups in total. The molecular weight excluding hydrogens is 463 g/mol. The van der Waals surface area contributed by atoms with E-state index in [0.717, 1.165) is 0 Å². The van der Waals surface area contributed by atoms with Crippen molar-refractivity contribution in [2.24, 2.45) is 9.98 Å². The van der Waals surface area contributed by atoms with E-state index in [9.17, 15) is 20.1 Å². The van der Waals surface area contributed by atoms with Gasteiger partial charge in [0.1, 0.15) is 0 Å². The number of hydrogen-bond donors (Lipinski definition) is 0. The molecule has 0 unspecified atom stereocenters. The molecule has 0 fully saturated rings. The number of nitrogens with zero attached hydrogens (tertiary/aromatic N) is 2. The predicted molar refractivity (Wildman–Crippen MR) is 120 cm³/mol. The van der Waals surface area contributed by atoms with Crippen LogP contribution < -0.4 is 15.3 Å². The Morgan fingerprint density at radius 3 is 1.39 bits per heavy atom. The molecule has 0 aliphatic rings. The molecular formula is C25H25MnN2O5. The molecule has 3 aromatic carbocycles. The van der Waals surface area contributed by atoms with E-state index in [2.05, 4.69) is 9.98 Å². The van der Waals surface area contributed by atoms with E-state index in [1.807, 2.05) is 26.0 Å². The maximum Gasteiger partial charge on any atom is 3.00 e. The Hall–Kier alpha value is -3.45. The van der Waals surface area contributed by atoms with Crippen molar-refractivity contribution < 1.29 is 42.7 Å². The second-order valence-electron chi connectivity index (χ2n) is 6.58. The van der Waals surface area contributed by atoms with Crippen LogP contribution in [0.3, 0.4) is 0 Å². The van der Waals surface area contributed by atoms with Crippen molar-refractivity contribution in [3.63, 3.8) is 0 Å². The number of aliphatic imine (C=N–C) groups is 2. The summed E-state index contributed by atoms with van der Waals surface area (Å²) in [6.45, 7) is 4.61. The molecule has 7 nitrogen and oxygen atoms in total. The third-order valence-corrected chi connectivity index (χ3v) is 4.36. The SMILES string of the molecule is CC(=NCCN=C(C)c1ccccc1[O-])c1ccccc1[O-].O.O=C([O-])c1ccccc1.[Mn+3]. The average Bonchev–Trinajstić information content (AvgIpc) is 2.78. The summed E-state index contributed by atoms with van der Waals surface area (Å²) in [7, 11) is 0. The maximum atomic E-state index is 11.7. The van der Waals surface area contributed by atoms with E-state index < -0.39 is 5.97 Å². The molecule has 0 saturated carbocycles. The first-order valence-corrected chi connectivity index (χ1v) is 9.71. The van der Waals surface area contributed by atoms with Crippen LogP contribution in [0.4, 0.5) is 0 Å². The fraction of sp³-hybridized carbons (Fsp3) is 0.160. The van der Waals surface area contributed by atoms with Gasteiger partial charge in [0.05, 0.1) is 19.1 Å². The first-order valence-electron chi connectivity index (χ1n) is 9.71. The number of carbonyl (C=O) groups excluding carboxylic acids is 1. The number of carboxylic acids is 1. The van der Waals surface area contributed by atoms with Gasteiger partial charge in [-0.25, -0.2) is 0 Å². The minimum atomic E-state index is -1.13. The molecule has 0 spiro atoms. The van der Waals surface area contributed by atoms with Gasteiger partial charge < -0.3 is 25.6 Å². The van der Waals surface area contributed by atoms with Gasteiger partial charge in [0, 0.05) is 11.4 Å². The Kier molecular flexibility index (Phi) is 13.8. The smallest absolute Gasteiger partial charge is 0.872 e. The molecule has 0 aliphatic heterocycles. The number of aromatic carboxylic acids is 1. The van der Waals surface area contributed by atoms with Gasteiger partial charge in [-0.3, -0.25) is 9.98 Å². The molecule has 0 heterocycles. The first kappa shape index (κ1) is 29.5. The van der Waals surface area contributed by atoms with E-state index in [1.165, 1.54) is 24.3 Å². The summed E-state index contributed by atoms with van der Waals surface area (Å²) in [6.07, 6.45) is 0. The summed E-state index contributed by atoms with van der Waals surface area (Å²) in [4.78, 5) is 18.8. The van der Waals surface area contributed by atoms with Crippen molar-refractivity contribution in [1.29, 1.82) is 0 Å². The Morgan fingerprint density at radius 1 is 0.697 bits per heavy atom.